The van der Waals surface area contributed by atoms with Gasteiger partial charge in [0.05, 0.1) is 10.9 Å². The molecule has 0 radical (unpaired) electrons. The minimum Gasteiger partial charge on any atom is -0.336 e. The van der Waals surface area contributed by atoms with Gasteiger partial charge in [-0.15, -0.1) is 11.3 Å². The zero-order valence-corrected chi connectivity index (χ0v) is 13.5. The molecule has 0 bridgehead atoms. The van der Waals surface area contributed by atoms with Gasteiger partial charge >= 0.3 is 0 Å². The minimum absolute atomic E-state index is 0.0000557. The number of thiophene rings is 1. The molecule has 1 unspecified atom stereocenters. The summed E-state index contributed by atoms with van der Waals surface area (Å²) in [6.45, 7) is 0.702. The number of carbonyl (C=O) groups excluding carboxylic acids is 2. The summed E-state index contributed by atoms with van der Waals surface area (Å²) in [6.07, 6.45) is 2.29. The number of amides is 1. The van der Waals surface area contributed by atoms with E-state index in [4.69, 9.17) is 0 Å². The first-order valence-corrected chi connectivity index (χ1v) is 8.65. The number of hydrogen-bond donors (Lipinski definition) is 0. The van der Waals surface area contributed by atoms with Gasteiger partial charge in [0, 0.05) is 19.4 Å². The summed E-state index contributed by atoms with van der Waals surface area (Å²) in [7, 11) is 0. The van der Waals surface area contributed by atoms with Crippen LogP contribution >= 0.6 is 11.3 Å². The van der Waals surface area contributed by atoms with Gasteiger partial charge in [0.15, 0.2) is 5.78 Å². The normalized spacial score (nSPS) is 17.4. The van der Waals surface area contributed by atoms with Crippen molar-refractivity contribution in [3.8, 4) is 0 Å². The van der Waals surface area contributed by atoms with E-state index in [-0.39, 0.29) is 36.4 Å². The third-order valence-corrected chi connectivity index (χ3v) is 5.10. The van der Waals surface area contributed by atoms with E-state index in [0.29, 0.717) is 11.4 Å². The van der Waals surface area contributed by atoms with Gasteiger partial charge in [-0.2, -0.15) is 0 Å². The lowest BCUT2D eigenvalue weighted by Crippen LogP contribution is -2.30. The molecule has 2 heterocycles. The maximum absolute atomic E-state index is 13.1. The van der Waals surface area contributed by atoms with Crippen LogP contribution in [-0.2, 0) is 4.79 Å². The van der Waals surface area contributed by atoms with E-state index in [2.05, 4.69) is 0 Å². The highest BCUT2D eigenvalue weighted by Crippen LogP contribution is 2.32. The zero-order chi connectivity index (χ0) is 16.2. The second-order valence-corrected chi connectivity index (χ2v) is 6.64. The summed E-state index contributed by atoms with van der Waals surface area (Å²) in [4.78, 5) is 27.0. The molecule has 23 heavy (non-hydrogen) atoms. The number of carbonyl (C=O) groups is 2. The van der Waals surface area contributed by atoms with E-state index in [0.717, 1.165) is 18.4 Å². The molecule has 1 aliphatic rings. The topological polar surface area (TPSA) is 37.4 Å². The molecule has 1 aromatic carbocycles. The molecule has 120 valence electrons. The largest absolute Gasteiger partial charge is 0.336 e. The van der Waals surface area contributed by atoms with E-state index < -0.39 is 0 Å². The lowest BCUT2D eigenvalue weighted by Gasteiger charge is -2.25. The van der Waals surface area contributed by atoms with Gasteiger partial charge in [-0.3, -0.25) is 9.59 Å². The van der Waals surface area contributed by atoms with Crippen LogP contribution in [0.2, 0.25) is 0 Å². The Kier molecular flexibility index (Phi) is 4.86. The van der Waals surface area contributed by atoms with E-state index in [1.807, 2.05) is 16.3 Å². The fraction of sp³-hybridized carbons (Fsp3) is 0.333. The Morgan fingerprint density at radius 3 is 2.65 bits per heavy atom. The first kappa shape index (κ1) is 15.9. The number of benzene rings is 1. The summed E-state index contributed by atoms with van der Waals surface area (Å²) >= 11 is 1.40. The SMILES string of the molecule is O=C(CCC(=O)N1CCCC1c1ccc(F)cc1)c1cccs1. The van der Waals surface area contributed by atoms with Crippen molar-refractivity contribution in [3.05, 3.63) is 58.0 Å². The first-order chi connectivity index (χ1) is 11.1. The predicted molar refractivity (Wildman–Crippen MR) is 88.0 cm³/mol. The number of ketones is 1. The van der Waals surface area contributed by atoms with E-state index >= 15 is 0 Å². The Balaban J connectivity index is 1.62. The van der Waals surface area contributed by atoms with Crippen LogP contribution in [0, 0.1) is 5.82 Å². The van der Waals surface area contributed by atoms with E-state index in [9.17, 15) is 14.0 Å². The van der Waals surface area contributed by atoms with Crippen molar-refractivity contribution < 1.29 is 14.0 Å². The Morgan fingerprint density at radius 1 is 1.17 bits per heavy atom. The molecule has 1 aromatic heterocycles. The lowest BCUT2D eigenvalue weighted by atomic mass is 10.0. The quantitative estimate of drug-likeness (QED) is 0.770. The molecule has 0 saturated carbocycles. The highest BCUT2D eigenvalue weighted by atomic mass is 32.1. The number of hydrogen-bond acceptors (Lipinski definition) is 3. The standard InChI is InChI=1S/C18H18FNO2S/c19-14-7-5-13(6-8-14)15-3-1-11-20(15)18(22)10-9-16(21)17-4-2-12-23-17/h2,4-8,12,15H,1,3,9-11H2. The zero-order valence-electron chi connectivity index (χ0n) is 12.7. The van der Waals surface area contributed by atoms with Crippen molar-refractivity contribution in [2.45, 2.75) is 31.7 Å². The van der Waals surface area contributed by atoms with Crippen LogP contribution in [-0.4, -0.2) is 23.1 Å². The number of nitrogens with zero attached hydrogens (tertiary/aromatic N) is 1. The monoisotopic (exact) mass is 331 g/mol. The third kappa shape index (κ3) is 3.67. The van der Waals surface area contributed by atoms with Crippen molar-refractivity contribution in [3.63, 3.8) is 0 Å². The molecule has 3 nitrogen and oxygen atoms in total. The van der Waals surface area contributed by atoms with Crippen LogP contribution < -0.4 is 0 Å². The highest BCUT2D eigenvalue weighted by molar-refractivity contribution is 7.12. The average Bonchev–Trinajstić information content (AvgIpc) is 3.24. The van der Waals surface area contributed by atoms with Gasteiger partial charge in [0.25, 0.3) is 0 Å². The Bertz CT molecular complexity index is 682. The second-order valence-electron chi connectivity index (χ2n) is 5.70. The minimum atomic E-state index is -0.272. The maximum atomic E-state index is 13.1. The van der Waals surface area contributed by atoms with Crippen molar-refractivity contribution in [2.24, 2.45) is 0 Å². The van der Waals surface area contributed by atoms with Crippen LogP contribution in [0.5, 0.6) is 0 Å². The molecule has 1 fully saturated rings. The average molecular weight is 331 g/mol. The molecule has 0 spiro atoms. The maximum Gasteiger partial charge on any atom is 0.223 e. The molecule has 1 aliphatic heterocycles. The molecular weight excluding hydrogens is 313 g/mol. The number of halogens is 1. The van der Waals surface area contributed by atoms with E-state index in [1.165, 1.54) is 23.5 Å². The number of Topliss-reactive ketones (excluding diaryl/α,β-unsaturated/α-hetero) is 1. The van der Waals surface area contributed by atoms with Gasteiger partial charge in [-0.05, 0) is 42.0 Å². The van der Waals surface area contributed by atoms with Crippen molar-refractivity contribution in [2.75, 3.05) is 6.54 Å². The highest BCUT2D eigenvalue weighted by Gasteiger charge is 2.29. The lowest BCUT2D eigenvalue weighted by molar-refractivity contribution is -0.132. The fourth-order valence-electron chi connectivity index (χ4n) is 3.02. The Hall–Kier alpha value is -2.01. The second kappa shape index (κ2) is 7.04. The summed E-state index contributed by atoms with van der Waals surface area (Å²) < 4.78 is 13.1. The summed E-state index contributed by atoms with van der Waals surface area (Å²) in [5, 5.41) is 1.86. The molecule has 3 rings (SSSR count). The van der Waals surface area contributed by atoms with E-state index in [1.54, 1.807) is 18.2 Å². The Morgan fingerprint density at radius 2 is 1.96 bits per heavy atom. The van der Waals surface area contributed by atoms with Crippen molar-refractivity contribution >= 4 is 23.0 Å². The Labute approximate surface area is 138 Å². The van der Waals surface area contributed by atoms with Gasteiger partial charge < -0.3 is 4.90 Å². The first-order valence-electron chi connectivity index (χ1n) is 7.77. The summed E-state index contributed by atoms with van der Waals surface area (Å²) in [5.41, 5.74) is 0.960. The molecule has 2 aromatic rings. The molecule has 1 atom stereocenters. The molecule has 1 saturated heterocycles. The van der Waals surface area contributed by atoms with Crippen LogP contribution in [0.4, 0.5) is 4.39 Å². The van der Waals surface area contributed by atoms with Crippen LogP contribution in [0.1, 0.15) is 47.0 Å². The van der Waals surface area contributed by atoms with Crippen LogP contribution in [0.3, 0.4) is 0 Å². The van der Waals surface area contributed by atoms with Crippen LogP contribution in [0.25, 0.3) is 0 Å². The number of likely N-dealkylation sites (tertiary alicyclic amines) is 1. The molecule has 5 heteroatoms. The van der Waals surface area contributed by atoms with Gasteiger partial charge in [-0.1, -0.05) is 18.2 Å². The van der Waals surface area contributed by atoms with Gasteiger partial charge in [-0.25, -0.2) is 4.39 Å². The van der Waals surface area contributed by atoms with Crippen molar-refractivity contribution in [1.29, 1.82) is 0 Å². The molecular formula is C18H18FNO2S. The number of rotatable bonds is 5. The van der Waals surface area contributed by atoms with Gasteiger partial charge in [0.2, 0.25) is 5.91 Å². The molecule has 0 aliphatic carbocycles. The molecule has 0 N–H and O–H groups in total. The fourth-order valence-corrected chi connectivity index (χ4v) is 3.72. The smallest absolute Gasteiger partial charge is 0.223 e. The predicted octanol–water partition coefficient (Wildman–Crippen LogP) is 4.21. The molecule has 1 amide bonds. The third-order valence-electron chi connectivity index (χ3n) is 4.19. The van der Waals surface area contributed by atoms with Crippen LogP contribution in [0.15, 0.2) is 41.8 Å². The summed E-state index contributed by atoms with van der Waals surface area (Å²) in [5.74, 6) is -0.251. The van der Waals surface area contributed by atoms with Gasteiger partial charge in [0.1, 0.15) is 5.82 Å². The summed E-state index contributed by atoms with van der Waals surface area (Å²) in [6, 6.07) is 9.96. The van der Waals surface area contributed by atoms with Crippen molar-refractivity contribution in [1.82, 2.24) is 4.90 Å².